The van der Waals surface area contributed by atoms with Crippen molar-refractivity contribution in [2.45, 2.75) is 51.6 Å². The number of methoxy groups -OCH3 is 2. The van der Waals surface area contributed by atoms with Gasteiger partial charge >= 0.3 is 0 Å². The predicted octanol–water partition coefficient (Wildman–Crippen LogP) is 2.96. The minimum absolute atomic E-state index is 0.000713. The summed E-state index contributed by atoms with van der Waals surface area (Å²) in [7, 11) is 3.20. The van der Waals surface area contributed by atoms with Gasteiger partial charge in [-0.05, 0) is 63.9 Å². The number of benzene rings is 1. The number of hydrogen-bond donors (Lipinski definition) is 1. The zero-order chi connectivity index (χ0) is 23.9. The van der Waals surface area contributed by atoms with Crippen LogP contribution in [-0.4, -0.2) is 78.8 Å². The molecule has 2 fully saturated rings. The Kier molecular flexibility index (Phi) is 8.39. The van der Waals surface area contributed by atoms with Gasteiger partial charge in [-0.25, -0.2) is 0 Å². The summed E-state index contributed by atoms with van der Waals surface area (Å²) in [4.78, 5) is 22.1. The number of amides is 1. The molecule has 2 aliphatic rings. The maximum absolute atomic E-state index is 12.8. The molecule has 9 nitrogen and oxygen atoms in total. The van der Waals surface area contributed by atoms with E-state index in [1.54, 1.807) is 14.2 Å². The first-order chi connectivity index (χ1) is 16.6. The molecule has 0 bridgehead atoms. The van der Waals surface area contributed by atoms with Gasteiger partial charge in [-0.2, -0.15) is 4.98 Å². The number of piperidine rings is 2. The van der Waals surface area contributed by atoms with Crippen LogP contribution in [0.5, 0.6) is 11.5 Å². The van der Waals surface area contributed by atoms with Gasteiger partial charge in [-0.1, -0.05) is 11.6 Å². The first kappa shape index (κ1) is 24.5. The van der Waals surface area contributed by atoms with Gasteiger partial charge in [0.1, 0.15) is 0 Å². The summed E-state index contributed by atoms with van der Waals surface area (Å²) in [5, 5.41) is 7.30. The molecule has 0 radical (unpaired) electrons. The summed E-state index contributed by atoms with van der Waals surface area (Å²) >= 11 is 0. The number of aromatic nitrogens is 2. The van der Waals surface area contributed by atoms with E-state index >= 15 is 0 Å². The first-order valence-corrected chi connectivity index (χ1v) is 12.4. The van der Waals surface area contributed by atoms with Crippen LogP contribution >= 0.6 is 0 Å². The monoisotopic (exact) mass is 471 g/mol. The van der Waals surface area contributed by atoms with Gasteiger partial charge in [0, 0.05) is 31.2 Å². The van der Waals surface area contributed by atoms with Gasteiger partial charge in [0.2, 0.25) is 17.6 Å². The average molecular weight is 472 g/mol. The Morgan fingerprint density at radius 2 is 2.00 bits per heavy atom. The van der Waals surface area contributed by atoms with E-state index in [0.717, 1.165) is 44.6 Å². The number of hydrogen-bond acceptors (Lipinski definition) is 8. The molecule has 1 N–H and O–H groups in total. The normalized spacial score (nSPS) is 21.9. The molecule has 1 aromatic carbocycles. The average Bonchev–Trinajstić information content (AvgIpc) is 3.33. The van der Waals surface area contributed by atoms with E-state index in [9.17, 15) is 4.79 Å². The van der Waals surface area contributed by atoms with Gasteiger partial charge in [0.05, 0.1) is 26.7 Å². The fourth-order valence-corrected chi connectivity index (χ4v) is 4.97. The Morgan fingerprint density at radius 1 is 1.15 bits per heavy atom. The Labute approximate surface area is 201 Å². The van der Waals surface area contributed by atoms with Crippen LogP contribution in [0.15, 0.2) is 22.7 Å². The minimum atomic E-state index is 0.000713. The van der Waals surface area contributed by atoms with Crippen LogP contribution in [0.3, 0.4) is 0 Å². The molecule has 186 valence electrons. The number of rotatable bonds is 9. The lowest BCUT2D eigenvalue weighted by molar-refractivity contribution is -0.126. The second kappa shape index (κ2) is 11.7. The lowest BCUT2D eigenvalue weighted by Crippen LogP contribution is -2.46. The zero-order valence-corrected chi connectivity index (χ0v) is 20.6. The fourth-order valence-electron chi connectivity index (χ4n) is 4.97. The smallest absolute Gasteiger partial charge is 0.241 e. The van der Waals surface area contributed by atoms with Crippen molar-refractivity contribution in [3.63, 3.8) is 0 Å². The molecule has 1 aromatic heterocycles. The topological polar surface area (TPSA) is 93.0 Å². The van der Waals surface area contributed by atoms with Crippen LogP contribution in [0.4, 0.5) is 0 Å². The highest BCUT2D eigenvalue weighted by Gasteiger charge is 2.27. The van der Waals surface area contributed by atoms with E-state index in [2.05, 4.69) is 32.2 Å². The minimum Gasteiger partial charge on any atom is -0.493 e. The van der Waals surface area contributed by atoms with Crippen molar-refractivity contribution in [2.75, 3.05) is 46.9 Å². The largest absolute Gasteiger partial charge is 0.493 e. The van der Waals surface area contributed by atoms with Gasteiger partial charge in [0.25, 0.3) is 0 Å². The molecular formula is C25H37N5O4. The molecule has 9 heteroatoms. The van der Waals surface area contributed by atoms with E-state index in [0.29, 0.717) is 42.3 Å². The second-order valence-corrected chi connectivity index (χ2v) is 9.33. The maximum atomic E-state index is 12.8. The molecule has 2 aliphatic heterocycles. The molecule has 3 heterocycles. The van der Waals surface area contributed by atoms with Crippen LogP contribution in [0.25, 0.3) is 11.4 Å². The number of carbonyl (C=O) groups is 1. The van der Waals surface area contributed by atoms with Crippen LogP contribution in [0.2, 0.25) is 0 Å². The van der Waals surface area contributed by atoms with Gasteiger partial charge in [0.15, 0.2) is 11.5 Å². The number of nitrogens with zero attached hydrogens (tertiary/aromatic N) is 4. The van der Waals surface area contributed by atoms with Crippen LogP contribution < -0.4 is 14.8 Å². The number of ether oxygens (including phenoxy) is 2. The summed E-state index contributed by atoms with van der Waals surface area (Å²) in [5.74, 6) is 2.48. The van der Waals surface area contributed by atoms with E-state index in [4.69, 9.17) is 14.0 Å². The van der Waals surface area contributed by atoms with E-state index in [1.807, 2.05) is 18.2 Å². The van der Waals surface area contributed by atoms with Crippen molar-refractivity contribution < 1.29 is 18.8 Å². The zero-order valence-electron chi connectivity index (χ0n) is 20.6. The highest BCUT2D eigenvalue weighted by molar-refractivity contribution is 5.78. The third kappa shape index (κ3) is 6.07. The SMILES string of the molecule is COc1ccc(-c2noc(CN3CCC[C@H](C(=O)NCCN4CCCC[C@@H]4C)C3)n2)cc1OC. The molecule has 0 aliphatic carbocycles. The van der Waals surface area contributed by atoms with Gasteiger partial charge in [-0.3, -0.25) is 14.6 Å². The molecular weight excluding hydrogens is 434 g/mol. The Morgan fingerprint density at radius 3 is 2.79 bits per heavy atom. The maximum Gasteiger partial charge on any atom is 0.241 e. The van der Waals surface area contributed by atoms with Crippen molar-refractivity contribution >= 4 is 5.91 Å². The van der Waals surface area contributed by atoms with Crippen LogP contribution in [0.1, 0.15) is 44.9 Å². The number of likely N-dealkylation sites (tertiary alicyclic amines) is 2. The number of carbonyl (C=O) groups excluding carboxylic acids is 1. The molecule has 0 unspecified atom stereocenters. The summed E-state index contributed by atoms with van der Waals surface area (Å²) in [6.07, 6.45) is 5.74. The number of nitrogens with one attached hydrogen (secondary N) is 1. The quantitative estimate of drug-likeness (QED) is 0.597. The molecule has 2 aromatic rings. The first-order valence-electron chi connectivity index (χ1n) is 12.4. The Bertz CT molecular complexity index is 949. The summed E-state index contributed by atoms with van der Waals surface area (Å²) < 4.78 is 16.2. The second-order valence-electron chi connectivity index (χ2n) is 9.33. The lowest BCUT2D eigenvalue weighted by Gasteiger charge is -2.34. The van der Waals surface area contributed by atoms with E-state index in [-0.39, 0.29) is 11.8 Å². The molecule has 0 saturated carbocycles. The molecule has 4 rings (SSSR count). The van der Waals surface area contributed by atoms with Crippen LogP contribution in [0, 0.1) is 5.92 Å². The fraction of sp³-hybridized carbons (Fsp3) is 0.640. The predicted molar refractivity (Wildman–Crippen MR) is 129 cm³/mol. The highest BCUT2D eigenvalue weighted by atomic mass is 16.5. The Hall–Kier alpha value is -2.65. The third-order valence-corrected chi connectivity index (χ3v) is 6.98. The molecule has 2 saturated heterocycles. The van der Waals surface area contributed by atoms with Crippen molar-refractivity contribution in [3.8, 4) is 22.9 Å². The molecule has 2 atom stereocenters. The third-order valence-electron chi connectivity index (χ3n) is 6.98. The van der Waals surface area contributed by atoms with E-state index in [1.165, 1.54) is 19.3 Å². The Balaban J connectivity index is 1.28. The van der Waals surface area contributed by atoms with Gasteiger partial charge < -0.3 is 19.3 Å². The standard InChI is InChI=1S/C25H37N5O4/c1-18-7-4-5-13-30(18)14-11-26-25(31)20-8-6-12-29(16-20)17-23-27-24(28-34-23)19-9-10-21(32-2)22(15-19)33-3/h9-10,15,18,20H,4-8,11-14,16-17H2,1-3H3,(H,26,31)/t18-,20-/m0/s1. The van der Waals surface area contributed by atoms with Crippen LogP contribution in [-0.2, 0) is 11.3 Å². The van der Waals surface area contributed by atoms with Gasteiger partial charge in [-0.15, -0.1) is 0 Å². The molecule has 1 amide bonds. The lowest BCUT2D eigenvalue weighted by atomic mass is 9.97. The van der Waals surface area contributed by atoms with Crippen molar-refractivity contribution in [1.82, 2.24) is 25.3 Å². The van der Waals surface area contributed by atoms with E-state index < -0.39 is 0 Å². The summed E-state index contributed by atoms with van der Waals surface area (Å²) in [5.41, 5.74) is 0.798. The molecule has 34 heavy (non-hydrogen) atoms. The van der Waals surface area contributed by atoms with Crippen molar-refractivity contribution in [1.29, 1.82) is 0 Å². The highest BCUT2D eigenvalue weighted by Crippen LogP contribution is 2.31. The molecule has 0 spiro atoms. The summed E-state index contributed by atoms with van der Waals surface area (Å²) in [6.45, 7) is 7.25. The van der Waals surface area contributed by atoms with Crippen molar-refractivity contribution in [3.05, 3.63) is 24.1 Å². The summed E-state index contributed by atoms with van der Waals surface area (Å²) in [6, 6.07) is 6.15. The van der Waals surface area contributed by atoms with Crippen molar-refractivity contribution in [2.24, 2.45) is 5.92 Å².